The largest absolute Gasteiger partial charge is 0.367 e. The third-order valence-corrected chi connectivity index (χ3v) is 6.10. The third-order valence-electron chi connectivity index (χ3n) is 5.01. The fourth-order valence-corrected chi connectivity index (χ4v) is 4.41. The van der Waals surface area contributed by atoms with Crippen LogP contribution in [0.15, 0.2) is 42.5 Å². The number of amides is 1. The number of sulfone groups is 1. The molecule has 6 nitrogen and oxygen atoms in total. The molecule has 0 saturated carbocycles. The lowest BCUT2D eigenvalue weighted by Crippen LogP contribution is -2.46. The van der Waals surface area contributed by atoms with Crippen LogP contribution in [0, 0.1) is 0 Å². The Balaban J connectivity index is 1.75. The molecule has 0 radical (unpaired) electrons. The van der Waals surface area contributed by atoms with Crippen molar-refractivity contribution in [1.29, 1.82) is 0 Å². The van der Waals surface area contributed by atoms with Gasteiger partial charge in [-0.05, 0) is 42.4 Å². The summed E-state index contributed by atoms with van der Waals surface area (Å²) >= 11 is 6.18. The molecule has 8 heteroatoms. The number of anilines is 2. The Morgan fingerprint density at radius 3 is 2.31 bits per heavy atom. The van der Waals surface area contributed by atoms with Gasteiger partial charge in [-0.2, -0.15) is 0 Å². The van der Waals surface area contributed by atoms with Crippen molar-refractivity contribution in [2.75, 3.05) is 49.2 Å². The predicted molar refractivity (Wildman–Crippen MR) is 119 cm³/mol. The minimum atomic E-state index is -3.11. The highest BCUT2D eigenvalue weighted by atomic mass is 35.5. The molecule has 2 aromatic rings. The second-order valence-corrected chi connectivity index (χ2v) is 9.88. The second kappa shape index (κ2) is 9.15. The molecule has 0 aromatic heterocycles. The van der Waals surface area contributed by atoms with Gasteiger partial charge >= 0.3 is 0 Å². The summed E-state index contributed by atoms with van der Waals surface area (Å²) in [6.45, 7) is 6.93. The number of benzene rings is 2. The highest BCUT2D eigenvalue weighted by Gasteiger charge is 2.20. The molecule has 2 aromatic carbocycles. The van der Waals surface area contributed by atoms with Gasteiger partial charge in [-0.1, -0.05) is 30.7 Å². The van der Waals surface area contributed by atoms with Crippen LogP contribution in [0.5, 0.6) is 0 Å². The number of hydrogen-bond donors (Lipinski definition) is 1. The van der Waals surface area contributed by atoms with E-state index in [4.69, 9.17) is 11.6 Å². The maximum Gasteiger partial charge on any atom is 0.255 e. The van der Waals surface area contributed by atoms with Gasteiger partial charge < -0.3 is 15.1 Å². The summed E-state index contributed by atoms with van der Waals surface area (Å²) in [5.41, 5.74) is 2.74. The van der Waals surface area contributed by atoms with Crippen LogP contribution in [-0.4, -0.2) is 58.2 Å². The first-order valence-electron chi connectivity index (χ1n) is 9.60. The van der Waals surface area contributed by atoms with E-state index >= 15 is 0 Å². The Kier molecular flexibility index (Phi) is 6.82. The summed E-state index contributed by atoms with van der Waals surface area (Å²) in [6, 6.07) is 12.1. The fraction of sp³-hybridized carbons (Fsp3) is 0.381. The van der Waals surface area contributed by atoms with Crippen molar-refractivity contribution in [3.63, 3.8) is 0 Å². The van der Waals surface area contributed by atoms with Gasteiger partial charge in [0, 0.05) is 43.0 Å². The molecule has 0 aliphatic carbocycles. The van der Waals surface area contributed by atoms with Gasteiger partial charge in [0.2, 0.25) is 0 Å². The summed E-state index contributed by atoms with van der Waals surface area (Å²) in [5, 5.41) is 3.52. The van der Waals surface area contributed by atoms with Crippen molar-refractivity contribution in [2.24, 2.45) is 0 Å². The minimum Gasteiger partial charge on any atom is -0.367 e. The van der Waals surface area contributed by atoms with E-state index in [0.29, 0.717) is 21.8 Å². The molecule has 0 unspecified atom stereocenters. The smallest absolute Gasteiger partial charge is 0.255 e. The number of nitrogens with zero attached hydrogens (tertiary/aromatic N) is 2. The maximum atomic E-state index is 12.8. The van der Waals surface area contributed by atoms with Crippen LogP contribution in [0.3, 0.4) is 0 Å². The van der Waals surface area contributed by atoms with E-state index in [1.165, 1.54) is 6.26 Å². The molecule has 1 N–H and O–H groups in total. The standard InChI is InChI=1S/C21H26ClN3O3S/c1-3-24-10-12-25(13-11-24)20-9-8-18(22)14-19(20)23-21(26)17-6-4-16(5-7-17)15-29(2,27)28/h4-9,14H,3,10-13,15H2,1-2H3,(H,23,26). The summed E-state index contributed by atoms with van der Waals surface area (Å²) in [6.07, 6.45) is 1.19. The molecule has 1 amide bonds. The van der Waals surface area contributed by atoms with Crippen LogP contribution >= 0.6 is 11.6 Å². The molecule has 1 aliphatic rings. The van der Waals surface area contributed by atoms with Gasteiger partial charge in [0.15, 0.2) is 9.84 Å². The number of halogens is 1. The number of carbonyl (C=O) groups is 1. The molecular formula is C21H26ClN3O3S. The quantitative estimate of drug-likeness (QED) is 0.754. The van der Waals surface area contributed by atoms with Gasteiger partial charge in [0.1, 0.15) is 0 Å². The SMILES string of the molecule is CCN1CCN(c2ccc(Cl)cc2NC(=O)c2ccc(CS(C)(=O)=O)cc2)CC1. The van der Waals surface area contributed by atoms with E-state index < -0.39 is 9.84 Å². The molecule has 3 rings (SSSR count). The highest BCUT2D eigenvalue weighted by Crippen LogP contribution is 2.30. The maximum absolute atomic E-state index is 12.8. The number of piperazine rings is 1. The molecule has 1 saturated heterocycles. The monoisotopic (exact) mass is 435 g/mol. The van der Waals surface area contributed by atoms with Crippen molar-refractivity contribution in [3.8, 4) is 0 Å². The molecular weight excluding hydrogens is 410 g/mol. The first kappa shape index (κ1) is 21.6. The molecule has 0 spiro atoms. The second-order valence-electron chi connectivity index (χ2n) is 7.30. The molecule has 0 bridgehead atoms. The van der Waals surface area contributed by atoms with Gasteiger partial charge in [0.25, 0.3) is 5.91 Å². The Morgan fingerprint density at radius 1 is 1.07 bits per heavy atom. The third kappa shape index (κ3) is 5.95. The van der Waals surface area contributed by atoms with E-state index in [1.54, 1.807) is 30.3 Å². The lowest BCUT2D eigenvalue weighted by atomic mass is 10.1. The minimum absolute atomic E-state index is 0.0446. The Bertz CT molecular complexity index is 969. The first-order valence-corrected chi connectivity index (χ1v) is 12.0. The van der Waals surface area contributed by atoms with Crippen molar-refractivity contribution in [1.82, 2.24) is 4.90 Å². The molecule has 1 aliphatic heterocycles. The Hall–Kier alpha value is -2.09. The van der Waals surface area contributed by atoms with Crippen LogP contribution in [0.25, 0.3) is 0 Å². The van der Waals surface area contributed by atoms with Gasteiger partial charge in [-0.15, -0.1) is 0 Å². The molecule has 156 valence electrons. The van der Waals surface area contributed by atoms with E-state index in [9.17, 15) is 13.2 Å². The van der Waals surface area contributed by atoms with Crippen molar-refractivity contribution in [3.05, 3.63) is 58.6 Å². The van der Waals surface area contributed by atoms with Crippen LogP contribution < -0.4 is 10.2 Å². The normalized spacial score (nSPS) is 15.3. The average Bonchev–Trinajstić information content (AvgIpc) is 2.67. The number of rotatable bonds is 6. The summed E-state index contributed by atoms with van der Waals surface area (Å²) in [4.78, 5) is 17.4. The summed E-state index contributed by atoms with van der Waals surface area (Å²) < 4.78 is 22.8. The van der Waals surface area contributed by atoms with Crippen LogP contribution in [-0.2, 0) is 15.6 Å². The number of carbonyl (C=O) groups excluding carboxylic acids is 1. The van der Waals surface area contributed by atoms with Crippen LogP contribution in [0.1, 0.15) is 22.8 Å². The van der Waals surface area contributed by atoms with Crippen LogP contribution in [0.2, 0.25) is 5.02 Å². The van der Waals surface area contributed by atoms with Crippen molar-refractivity contribution in [2.45, 2.75) is 12.7 Å². The first-order chi connectivity index (χ1) is 13.7. The zero-order chi connectivity index (χ0) is 21.0. The zero-order valence-electron chi connectivity index (χ0n) is 16.7. The Labute approximate surface area is 177 Å². The van der Waals surface area contributed by atoms with E-state index in [0.717, 1.165) is 38.4 Å². The topological polar surface area (TPSA) is 69.7 Å². The van der Waals surface area contributed by atoms with Gasteiger partial charge in [-0.3, -0.25) is 4.79 Å². The molecule has 0 atom stereocenters. The fourth-order valence-electron chi connectivity index (χ4n) is 3.44. The lowest BCUT2D eigenvalue weighted by molar-refractivity contribution is 0.102. The molecule has 1 heterocycles. The Morgan fingerprint density at radius 2 is 1.72 bits per heavy atom. The highest BCUT2D eigenvalue weighted by molar-refractivity contribution is 7.89. The van der Waals surface area contributed by atoms with Crippen LogP contribution in [0.4, 0.5) is 11.4 Å². The zero-order valence-corrected chi connectivity index (χ0v) is 18.3. The van der Waals surface area contributed by atoms with Crippen molar-refractivity contribution >= 4 is 38.7 Å². The number of hydrogen-bond acceptors (Lipinski definition) is 5. The summed E-state index contributed by atoms with van der Waals surface area (Å²) in [7, 11) is -3.11. The van der Waals surface area contributed by atoms with Crippen molar-refractivity contribution < 1.29 is 13.2 Å². The number of likely N-dealkylation sites (N-methyl/N-ethyl adjacent to an activating group) is 1. The molecule has 1 fully saturated rings. The lowest BCUT2D eigenvalue weighted by Gasteiger charge is -2.36. The van der Waals surface area contributed by atoms with E-state index in [-0.39, 0.29) is 11.7 Å². The molecule has 29 heavy (non-hydrogen) atoms. The van der Waals surface area contributed by atoms with Gasteiger partial charge in [0.05, 0.1) is 17.1 Å². The predicted octanol–water partition coefficient (Wildman–Crippen LogP) is 3.28. The summed E-state index contributed by atoms with van der Waals surface area (Å²) in [5.74, 6) is -0.302. The van der Waals surface area contributed by atoms with E-state index in [2.05, 4.69) is 22.0 Å². The average molecular weight is 436 g/mol. The van der Waals surface area contributed by atoms with E-state index in [1.807, 2.05) is 12.1 Å². The number of nitrogens with one attached hydrogen (secondary N) is 1. The van der Waals surface area contributed by atoms with Gasteiger partial charge in [-0.25, -0.2) is 8.42 Å².